The SMILES string of the molecule is Cc1ccc(C(=O)NCCNC(=O)c2ccc3c(c2)CCN3)cc1.Cl. The van der Waals surface area contributed by atoms with Crippen LogP contribution in [0, 0.1) is 6.92 Å². The van der Waals surface area contributed by atoms with Crippen molar-refractivity contribution in [3.63, 3.8) is 0 Å². The molecule has 1 heterocycles. The summed E-state index contributed by atoms with van der Waals surface area (Å²) in [4.78, 5) is 24.1. The Labute approximate surface area is 153 Å². The van der Waals surface area contributed by atoms with E-state index in [9.17, 15) is 9.59 Å². The van der Waals surface area contributed by atoms with Gasteiger partial charge in [0.05, 0.1) is 0 Å². The maximum Gasteiger partial charge on any atom is 0.251 e. The highest BCUT2D eigenvalue weighted by atomic mass is 35.5. The number of aryl methyl sites for hydroxylation is 1. The van der Waals surface area contributed by atoms with Gasteiger partial charge in [-0.25, -0.2) is 0 Å². The molecule has 5 nitrogen and oxygen atoms in total. The lowest BCUT2D eigenvalue weighted by molar-refractivity contribution is 0.0927. The van der Waals surface area contributed by atoms with Crippen molar-refractivity contribution in [3.8, 4) is 0 Å². The maximum atomic E-state index is 12.2. The van der Waals surface area contributed by atoms with E-state index < -0.39 is 0 Å². The Hall–Kier alpha value is -2.53. The summed E-state index contributed by atoms with van der Waals surface area (Å²) in [5, 5.41) is 8.91. The molecule has 0 atom stereocenters. The van der Waals surface area contributed by atoms with E-state index in [0.29, 0.717) is 24.2 Å². The zero-order valence-corrected chi connectivity index (χ0v) is 14.9. The molecule has 0 fully saturated rings. The van der Waals surface area contributed by atoms with Gasteiger partial charge < -0.3 is 16.0 Å². The molecular weight excluding hydrogens is 338 g/mol. The molecule has 0 spiro atoms. The average Bonchev–Trinajstić information content (AvgIpc) is 3.06. The Bertz CT molecular complexity index is 760. The highest BCUT2D eigenvalue weighted by Gasteiger charge is 2.13. The monoisotopic (exact) mass is 359 g/mol. The van der Waals surface area contributed by atoms with Crippen LogP contribution >= 0.6 is 12.4 Å². The van der Waals surface area contributed by atoms with Crippen molar-refractivity contribution in [2.75, 3.05) is 25.0 Å². The predicted octanol–water partition coefficient (Wildman–Crippen LogP) is 2.54. The summed E-state index contributed by atoms with van der Waals surface area (Å²) in [5.41, 5.74) is 4.68. The molecule has 6 heteroatoms. The lowest BCUT2D eigenvalue weighted by atomic mass is 10.1. The number of hydrogen-bond donors (Lipinski definition) is 3. The number of carbonyl (C=O) groups is 2. The van der Waals surface area contributed by atoms with Gasteiger partial charge in [-0.2, -0.15) is 0 Å². The lowest BCUT2D eigenvalue weighted by Crippen LogP contribution is -2.34. The van der Waals surface area contributed by atoms with Gasteiger partial charge in [-0.05, 0) is 49.2 Å². The Morgan fingerprint density at radius 3 is 2.24 bits per heavy atom. The van der Waals surface area contributed by atoms with Crippen LogP contribution in [0.2, 0.25) is 0 Å². The van der Waals surface area contributed by atoms with Gasteiger partial charge in [0.2, 0.25) is 0 Å². The minimum Gasteiger partial charge on any atom is -0.384 e. The van der Waals surface area contributed by atoms with Crippen molar-refractivity contribution in [3.05, 3.63) is 64.7 Å². The number of carbonyl (C=O) groups excluding carboxylic acids is 2. The topological polar surface area (TPSA) is 70.2 Å². The molecule has 132 valence electrons. The van der Waals surface area contributed by atoms with Gasteiger partial charge in [0.1, 0.15) is 0 Å². The molecule has 0 saturated heterocycles. The molecule has 0 saturated carbocycles. The Kier molecular flexibility index (Phi) is 6.42. The van der Waals surface area contributed by atoms with Crippen LogP contribution in [-0.4, -0.2) is 31.4 Å². The molecule has 0 aliphatic carbocycles. The van der Waals surface area contributed by atoms with Gasteiger partial charge in [-0.1, -0.05) is 17.7 Å². The Morgan fingerprint density at radius 1 is 0.960 bits per heavy atom. The fourth-order valence-corrected chi connectivity index (χ4v) is 2.71. The highest BCUT2D eigenvalue weighted by Crippen LogP contribution is 2.22. The van der Waals surface area contributed by atoms with E-state index in [1.807, 2.05) is 37.3 Å². The Balaban J connectivity index is 0.00000225. The van der Waals surface area contributed by atoms with E-state index in [-0.39, 0.29) is 24.2 Å². The molecule has 0 bridgehead atoms. The number of rotatable bonds is 5. The van der Waals surface area contributed by atoms with E-state index in [2.05, 4.69) is 16.0 Å². The first-order chi connectivity index (χ1) is 11.6. The predicted molar refractivity (Wildman–Crippen MR) is 102 cm³/mol. The van der Waals surface area contributed by atoms with Crippen LogP contribution in [-0.2, 0) is 6.42 Å². The summed E-state index contributed by atoms with van der Waals surface area (Å²) < 4.78 is 0. The second-order valence-electron chi connectivity index (χ2n) is 5.93. The largest absolute Gasteiger partial charge is 0.384 e. The van der Waals surface area contributed by atoms with Gasteiger partial charge >= 0.3 is 0 Å². The molecule has 3 N–H and O–H groups in total. The summed E-state index contributed by atoms with van der Waals surface area (Å²) in [7, 11) is 0. The molecule has 0 aromatic heterocycles. The van der Waals surface area contributed by atoms with E-state index in [1.54, 1.807) is 12.1 Å². The molecule has 0 unspecified atom stereocenters. The first kappa shape index (κ1) is 18.8. The molecule has 2 aromatic rings. The number of hydrogen-bond acceptors (Lipinski definition) is 3. The number of amides is 2. The van der Waals surface area contributed by atoms with E-state index in [4.69, 9.17) is 0 Å². The molecular formula is C19H22ClN3O2. The molecule has 0 radical (unpaired) electrons. The normalized spacial score (nSPS) is 11.7. The molecule has 2 amide bonds. The van der Waals surface area contributed by atoms with Crippen molar-refractivity contribution < 1.29 is 9.59 Å². The van der Waals surface area contributed by atoms with E-state index in [1.165, 1.54) is 5.56 Å². The maximum absolute atomic E-state index is 12.2. The number of halogens is 1. The van der Waals surface area contributed by atoms with Crippen LogP contribution in [0.25, 0.3) is 0 Å². The van der Waals surface area contributed by atoms with Crippen molar-refractivity contribution in [2.45, 2.75) is 13.3 Å². The third-order valence-corrected chi connectivity index (χ3v) is 4.09. The van der Waals surface area contributed by atoms with Crippen LogP contribution < -0.4 is 16.0 Å². The highest BCUT2D eigenvalue weighted by molar-refractivity contribution is 5.95. The number of anilines is 1. The van der Waals surface area contributed by atoms with Crippen molar-refractivity contribution in [2.24, 2.45) is 0 Å². The van der Waals surface area contributed by atoms with Crippen molar-refractivity contribution >= 4 is 29.9 Å². The first-order valence-electron chi connectivity index (χ1n) is 8.13. The van der Waals surface area contributed by atoms with Gasteiger partial charge in [-0.15, -0.1) is 12.4 Å². The van der Waals surface area contributed by atoms with Crippen molar-refractivity contribution in [1.82, 2.24) is 10.6 Å². The van der Waals surface area contributed by atoms with Crippen LogP contribution in [0.3, 0.4) is 0 Å². The summed E-state index contributed by atoms with van der Waals surface area (Å²) >= 11 is 0. The van der Waals surface area contributed by atoms with Gasteiger partial charge in [0, 0.05) is 36.4 Å². The molecule has 2 aromatic carbocycles. The molecule has 3 rings (SSSR count). The Morgan fingerprint density at radius 2 is 1.56 bits per heavy atom. The first-order valence-corrected chi connectivity index (χ1v) is 8.13. The summed E-state index contributed by atoms with van der Waals surface area (Å²) in [6, 6.07) is 13.1. The second-order valence-corrected chi connectivity index (χ2v) is 5.93. The summed E-state index contributed by atoms with van der Waals surface area (Å²) in [5.74, 6) is -0.248. The fraction of sp³-hybridized carbons (Fsp3) is 0.263. The van der Waals surface area contributed by atoms with Crippen LogP contribution in [0.1, 0.15) is 31.8 Å². The lowest BCUT2D eigenvalue weighted by Gasteiger charge is -2.08. The molecule has 1 aliphatic heterocycles. The second kappa shape index (κ2) is 8.53. The van der Waals surface area contributed by atoms with E-state index >= 15 is 0 Å². The van der Waals surface area contributed by atoms with Crippen LogP contribution in [0.4, 0.5) is 5.69 Å². The van der Waals surface area contributed by atoms with E-state index in [0.717, 1.165) is 24.2 Å². The standard InChI is InChI=1S/C19H21N3O2.ClH/c1-13-2-4-14(5-3-13)18(23)21-10-11-22-19(24)16-6-7-17-15(12-16)8-9-20-17;/h2-7,12,20H,8-11H2,1H3,(H,21,23)(H,22,24);1H. The third-order valence-electron chi connectivity index (χ3n) is 4.09. The number of benzene rings is 2. The molecule has 25 heavy (non-hydrogen) atoms. The van der Waals surface area contributed by atoms with Gasteiger partial charge in [-0.3, -0.25) is 9.59 Å². The minimum atomic E-state index is -0.132. The van der Waals surface area contributed by atoms with Crippen molar-refractivity contribution in [1.29, 1.82) is 0 Å². The van der Waals surface area contributed by atoms with Gasteiger partial charge in [0.25, 0.3) is 11.8 Å². The smallest absolute Gasteiger partial charge is 0.251 e. The zero-order chi connectivity index (χ0) is 16.9. The number of nitrogens with one attached hydrogen (secondary N) is 3. The third kappa shape index (κ3) is 4.73. The zero-order valence-electron chi connectivity index (χ0n) is 14.1. The fourth-order valence-electron chi connectivity index (χ4n) is 2.71. The quantitative estimate of drug-likeness (QED) is 0.718. The van der Waals surface area contributed by atoms with Crippen LogP contribution in [0.15, 0.2) is 42.5 Å². The average molecular weight is 360 g/mol. The minimum absolute atomic E-state index is 0. The summed E-state index contributed by atoms with van der Waals surface area (Å²) in [6.45, 7) is 3.69. The summed E-state index contributed by atoms with van der Waals surface area (Å²) in [6.07, 6.45) is 0.947. The molecule has 1 aliphatic rings. The van der Waals surface area contributed by atoms with Gasteiger partial charge in [0.15, 0.2) is 0 Å². The van der Waals surface area contributed by atoms with Crippen LogP contribution in [0.5, 0.6) is 0 Å². The number of fused-ring (bicyclic) bond motifs is 1.